The summed E-state index contributed by atoms with van der Waals surface area (Å²) in [5.41, 5.74) is 0.382. The highest BCUT2D eigenvalue weighted by Gasteiger charge is 2.51. The fourth-order valence-electron chi connectivity index (χ4n) is 2.82. The maximum Gasteiger partial charge on any atom is 0.494 e. The Hall–Kier alpha value is -1.08. The molecule has 24 heavy (non-hydrogen) atoms. The van der Waals surface area contributed by atoms with Crippen molar-refractivity contribution in [2.24, 2.45) is 0 Å². The van der Waals surface area contributed by atoms with E-state index in [-0.39, 0.29) is 18.3 Å². The molecule has 3 rings (SSSR count). The maximum atomic E-state index is 6.07. The quantitative estimate of drug-likeness (QED) is 0.832. The van der Waals surface area contributed by atoms with Crippen LogP contribution in [0.25, 0.3) is 0 Å². The van der Waals surface area contributed by atoms with Crippen LogP contribution in [0.1, 0.15) is 34.1 Å². The molecule has 132 valence electrons. The van der Waals surface area contributed by atoms with Gasteiger partial charge in [0.05, 0.1) is 31.0 Å². The van der Waals surface area contributed by atoms with Crippen LogP contribution in [0.2, 0.25) is 0 Å². The molecule has 2 saturated heterocycles. The maximum absolute atomic E-state index is 6.07. The van der Waals surface area contributed by atoms with Gasteiger partial charge in [-0.05, 0) is 51.7 Å². The molecule has 6 heteroatoms. The van der Waals surface area contributed by atoms with Gasteiger partial charge in [0.1, 0.15) is 5.75 Å². The van der Waals surface area contributed by atoms with E-state index in [1.165, 1.54) is 0 Å². The second-order valence-electron chi connectivity index (χ2n) is 7.52. The number of nitrogens with one attached hydrogen (secondary N) is 1. The largest absolute Gasteiger partial charge is 0.494 e. The zero-order valence-corrected chi connectivity index (χ0v) is 15.1. The Morgan fingerprint density at radius 3 is 2.38 bits per heavy atom. The Labute approximate surface area is 145 Å². The molecule has 0 aromatic heterocycles. The van der Waals surface area contributed by atoms with Crippen molar-refractivity contribution in [1.29, 1.82) is 0 Å². The Bertz CT molecular complexity index is 524. The number of hydrogen-bond donors (Lipinski definition) is 1. The highest BCUT2D eigenvalue weighted by Crippen LogP contribution is 2.36. The Morgan fingerprint density at radius 2 is 1.79 bits per heavy atom. The lowest BCUT2D eigenvalue weighted by Crippen LogP contribution is -2.42. The van der Waals surface area contributed by atoms with E-state index in [1.54, 1.807) is 0 Å². The Kier molecular flexibility index (Phi) is 5.20. The number of benzene rings is 1. The van der Waals surface area contributed by atoms with E-state index in [2.05, 4.69) is 33.0 Å². The highest BCUT2D eigenvalue weighted by molar-refractivity contribution is 6.62. The summed E-state index contributed by atoms with van der Waals surface area (Å²) in [5, 5.41) is 3.43. The number of rotatable bonds is 5. The van der Waals surface area contributed by atoms with Crippen molar-refractivity contribution in [3.05, 3.63) is 24.3 Å². The fraction of sp³-hybridized carbons (Fsp3) is 0.667. The predicted molar refractivity (Wildman–Crippen MR) is 94.9 cm³/mol. The fourth-order valence-corrected chi connectivity index (χ4v) is 2.82. The molecule has 0 amide bonds. The summed E-state index contributed by atoms with van der Waals surface area (Å²) in [6.45, 7) is 11.4. The average molecular weight is 333 g/mol. The molecule has 0 spiro atoms. The van der Waals surface area contributed by atoms with E-state index in [4.69, 9.17) is 18.8 Å². The van der Waals surface area contributed by atoms with Crippen LogP contribution in [0.3, 0.4) is 0 Å². The van der Waals surface area contributed by atoms with Crippen LogP contribution in [-0.2, 0) is 14.0 Å². The standard InChI is InChI=1S/C18H28BNO4/c1-17(2)18(3,4)24-19(23-17)14-5-7-16(8-6-14)22-11-9-15-13-21-12-10-20-15/h5-8,15,20H,9-13H2,1-4H3. The third kappa shape index (κ3) is 3.94. The first-order chi connectivity index (χ1) is 11.4. The summed E-state index contributed by atoms with van der Waals surface area (Å²) in [4.78, 5) is 0. The third-order valence-corrected chi connectivity index (χ3v) is 5.14. The van der Waals surface area contributed by atoms with Crippen LogP contribution >= 0.6 is 0 Å². The third-order valence-electron chi connectivity index (χ3n) is 5.14. The van der Waals surface area contributed by atoms with Crippen molar-refractivity contribution in [2.75, 3.05) is 26.4 Å². The molecule has 0 saturated carbocycles. The van der Waals surface area contributed by atoms with Crippen molar-refractivity contribution in [3.63, 3.8) is 0 Å². The first-order valence-corrected chi connectivity index (χ1v) is 8.77. The smallest absolute Gasteiger partial charge is 0.494 e. The van der Waals surface area contributed by atoms with Gasteiger partial charge in [0, 0.05) is 12.6 Å². The van der Waals surface area contributed by atoms with Crippen LogP contribution in [0.4, 0.5) is 0 Å². The minimum absolute atomic E-state index is 0.318. The number of hydrogen-bond acceptors (Lipinski definition) is 5. The van der Waals surface area contributed by atoms with Crippen LogP contribution < -0.4 is 15.5 Å². The van der Waals surface area contributed by atoms with E-state index in [1.807, 2.05) is 24.3 Å². The number of morpholine rings is 1. The van der Waals surface area contributed by atoms with Crippen molar-refractivity contribution >= 4 is 12.6 Å². The molecule has 0 radical (unpaired) electrons. The van der Waals surface area contributed by atoms with Crippen molar-refractivity contribution in [2.45, 2.75) is 51.4 Å². The minimum Gasteiger partial charge on any atom is -0.494 e. The van der Waals surface area contributed by atoms with Gasteiger partial charge in [0.2, 0.25) is 0 Å². The van der Waals surface area contributed by atoms with E-state index < -0.39 is 0 Å². The zero-order chi connectivity index (χ0) is 17.2. The molecule has 2 aliphatic heterocycles. The number of ether oxygens (including phenoxy) is 2. The molecule has 0 aliphatic carbocycles. The van der Waals surface area contributed by atoms with Crippen LogP contribution in [0, 0.1) is 0 Å². The van der Waals surface area contributed by atoms with E-state index in [9.17, 15) is 0 Å². The van der Waals surface area contributed by atoms with Gasteiger partial charge >= 0.3 is 7.12 Å². The molecule has 1 unspecified atom stereocenters. The molecule has 1 atom stereocenters. The van der Waals surface area contributed by atoms with Gasteiger partial charge in [-0.25, -0.2) is 0 Å². The van der Waals surface area contributed by atoms with Gasteiger partial charge in [-0.15, -0.1) is 0 Å². The van der Waals surface area contributed by atoms with Crippen molar-refractivity contribution < 1.29 is 18.8 Å². The van der Waals surface area contributed by atoms with E-state index >= 15 is 0 Å². The molecule has 0 bridgehead atoms. The highest BCUT2D eigenvalue weighted by atomic mass is 16.7. The molecule has 5 nitrogen and oxygen atoms in total. The monoisotopic (exact) mass is 333 g/mol. The Balaban J connectivity index is 1.50. The minimum atomic E-state index is -0.326. The molecule has 2 heterocycles. The SMILES string of the molecule is CC1(C)OB(c2ccc(OCCC3COCCN3)cc2)OC1(C)C. The lowest BCUT2D eigenvalue weighted by molar-refractivity contribution is 0.00578. The van der Waals surface area contributed by atoms with Crippen molar-refractivity contribution in [3.8, 4) is 5.75 Å². The van der Waals surface area contributed by atoms with Gasteiger partial charge in [-0.1, -0.05) is 12.1 Å². The predicted octanol–water partition coefficient (Wildman–Crippen LogP) is 1.74. The summed E-state index contributed by atoms with van der Waals surface area (Å²) < 4.78 is 23.4. The lowest BCUT2D eigenvalue weighted by atomic mass is 9.79. The molecule has 1 N–H and O–H groups in total. The van der Waals surface area contributed by atoms with Gasteiger partial charge in [-0.3, -0.25) is 0 Å². The lowest BCUT2D eigenvalue weighted by Gasteiger charge is -2.32. The Morgan fingerprint density at radius 1 is 1.12 bits per heavy atom. The molecular weight excluding hydrogens is 305 g/mol. The summed E-state index contributed by atoms with van der Waals surface area (Å²) in [6, 6.07) is 8.37. The van der Waals surface area contributed by atoms with E-state index in [0.717, 1.165) is 37.4 Å². The molecule has 1 aromatic carbocycles. The van der Waals surface area contributed by atoms with Gasteiger partial charge in [0.25, 0.3) is 0 Å². The molecule has 2 fully saturated rings. The normalized spacial score (nSPS) is 25.7. The van der Waals surface area contributed by atoms with Gasteiger partial charge in [0.15, 0.2) is 0 Å². The van der Waals surface area contributed by atoms with E-state index in [0.29, 0.717) is 12.6 Å². The summed E-state index contributed by atoms with van der Waals surface area (Å²) in [7, 11) is -0.326. The summed E-state index contributed by atoms with van der Waals surface area (Å²) >= 11 is 0. The second kappa shape index (κ2) is 7.04. The molecule has 1 aromatic rings. The summed E-state index contributed by atoms with van der Waals surface area (Å²) in [5.74, 6) is 0.868. The zero-order valence-electron chi connectivity index (χ0n) is 15.1. The van der Waals surface area contributed by atoms with Gasteiger partial charge < -0.3 is 24.1 Å². The summed E-state index contributed by atoms with van der Waals surface area (Å²) in [6.07, 6.45) is 0.943. The molecular formula is C18H28BNO4. The van der Waals surface area contributed by atoms with Crippen LogP contribution in [0.5, 0.6) is 5.75 Å². The second-order valence-corrected chi connectivity index (χ2v) is 7.52. The van der Waals surface area contributed by atoms with Crippen molar-refractivity contribution in [1.82, 2.24) is 5.32 Å². The molecule has 2 aliphatic rings. The average Bonchev–Trinajstić information content (AvgIpc) is 2.77. The van der Waals surface area contributed by atoms with Crippen LogP contribution in [0.15, 0.2) is 24.3 Å². The first-order valence-electron chi connectivity index (χ1n) is 8.77. The van der Waals surface area contributed by atoms with Crippen LogP contribution in [-0.4, -0.2) is 50.7 Å². The first kappa shape index (κ1) is 17.7. The van der Waals surface area contributed by atoms with Gasteiger partial charge in [-0.2, -0.15) is 0 Å². The topological polar surface area (TPSA) is 49.0 Å².